The zero-order valence-corrected chi connectivity index (χ0v) is 15.1. The third-order valence-electron chi connectivity index (χ3n) is 3.33. The zero-order chi connectivity index (χ0) is 16.8. The molecule has 23 heavy (non-hydrogen) atoms. The molecule has 0 spiro atoms. The van der Waals surface area contributed by atoms with Crippen LogP contribution in [0.5, 0.6) is 5.75 Å². The maximum absolute atomic E-state index is 11.7. The van der Waals surface area contributed by atoms with Gasteiger partial charge in [0, 0.05) is 10.0 Å². The second kappa shape index (κ2) is 8.02. The molecule has 2 aromatic carbocycles. The summed E-state index contributed by atoms with van der Waals surface area (Å²) >= 11 is 3.51. The lowest BCUT2D eigenvalue weighted by Crippen LogP contribution is -2.15. The summed E-state index contributed by atoms with van der Waals surface area (Å²) in [6.45, 7) is 6.50. The SMILES string of the molecule is CCOC(=O)Nc1cccc(Br)c1COc1ccc(C)cc1C. The molecule has 0 fully saturated rings. The lowest BCUT2D eigenvalue weighted by atomic mass is 10.1. The van der Waals surface area contributed by atoms with Gasteiger partial charge in [-0.3, -0.25) is 5.32 Å². The highest BCUT2D eigenvalue weighted by atomic mass is 79.9. The minimum Gasteiger partial charge on any atom is -0.489 e. The minimum absolute atomic E-state index is 0.328. The summed E-state index contributed by atoms with van der Waals surface area (Å²) in [4.78, 5) is 11.7. The molecular formula is C18H20BrNO3. The number of rotatable bonds is 5. The van der Waals surface area contributed by atoms with Gasteiger partial charge in [0.25, 0.3) is 0 Å². The van der Waals surface area contributed by atoms with E-state index in [1.54, 1.807) is 6.92 Å². The number of anilines is 1. The fourth-order valence-corrected chi connectivity index (χ4v) is 2.69. The summed E-state index contributed by atoms with van der Waals surface area (Å²) in [5.74, 6) is 0.827. The van der Waals surface area contributed by atoms with Crippen LogP contribution in [0.15, 0.2) is 40.9 Å². The number of hydrogen-bond acceptors (Lipinski definition) is 3. The van der Waals surface area contributed by atoms with Crippen LogP contribution < -0.4 is 10.1 Å². The van der Waals surface area contributed by atoms with E-state index in [2.05, 4.69) is 27.3 Å². The van der Waals surface area contributed by atoms with Crippen molar-refractivity contribution in [2.45, 2.75) is 27.4 Å². The van der Waals surface area contributed by atoms with Crippen LogP contribution in [0.3, 0.4) is 0 Å². The molecule has 0 bridgehead atoms. The number of ether oxygens (including phenoxy) is 2. The van der Waals surface area contributed by atoms with Crippen molar-refractivity contribution >= 4 is 27.7 Å². The van der Waals surface area contributed by atoms with Gasteiger partial charge in [0.05, 0.1) is 12.3 Å². The van der Waals surface area contributed by atoms with Gasteiger partial charge in [-0.2, -0.15) is 0 Å². The fourth-order valence-electron chi connectivity index (χ4n) is 2.21. The topological polar surface area (TPSA) is 47.6 Å². The van der Waals surface area contributed by atoms with E-state index in [1.807, 2.05) is 44.2 Å². The molecule has 0 aromatic heterocycles. The number of aryl methyl sites for hydroxylation is 2. The number of carbonyl (C=O) groups excluding carboxylic acids is 1. The lowest BCUT2D eigenvalue weighted by molar-refractivity contribution is 0.168. The third-order valence-corrected chi connectivity index (χ3v) is 4.08. The van der Waals surface area contributed by atoms with Crippen LogP contribution in [0.1, 0.15) is 23.6 Å². The summed E-state index contributed by atoms with van der Waals surface area (Å²) in [5, 5.41) is 2.74. The summed E-state index contributed by atoms with van der Waals surface area (Å²) in [7, 11) is 0. The minimum atomic E-state index is -0.474. The highest BCUT2D eigenvalue weighted by Crippen LogP contribution is 2.28. The molecule has 1 N–H and O–H groups in total. The average molecular weight is 378 g/mol. The Morgan fingerprint density at radius 2 is 2.00 bits per heavy atom. The molecule has 1 amide bonds. The highest BCUT2D eigenvalue weighted by Gasteiger charge is 2.11. The number of halogens is 1. The normalized spacial score (nSPS) is 10.3. The molecule has 0 atom stereocenters. The molecule has 0 aliphatic carbocycles. The van der Waals surface area contributed by atoms with Crippen molar-refractivity contribution in [3.05, 3.63) is 57.6 Å². The Hall–Kier alpha value is -2.01. The Kier molecular flexibility index (Phi) is 6.04. The first-order chi connectivity index (χ1) is 11.0. The molecular weight excluding hydrogens is 358 g/mol. The van der Waals surface area contributed by atoms with E-state index in [9.17, 15) is 4.79 Å². The smallest absolute Gasteiger partial charge is 0.411 e. The fraction of sp³-hybridized carbons (Fsp3) is 0.278. The molecule has 0 unspecified atom stereocenters. The average Bonchev–Trinajstić information content (AvgIpc) is 2.48. The van der Waals surface area contributed by atoms with E-state index in [0.29, 0.717) is 18.9 Å². The van der Waals surface area contributed by atoms with Gasteiger partial charge in [-0.05, 0) is 44.5 Å². The van der Waals surface area contributed by atoms with Crippen molar-refractivity contribution in [1.82, 2.24) is 0 Å². The second-order valence-electron chi connectivity index (χ2n) is 5.17. The van der Waals surface area contributed by atoms with Crippen LogP contribution in [0.4, 0.5) is 10.5 Å². The first-order valence-corrected chi connectivity index (χ1v) is 8.21. The number of hydrogen-bond donors (Lipinski definition) is 1. The predicted octanol–water partition coefficient (Wildman–Crippen LogP) is 5.21. The largest absolute Gasteiger partial charge is 0.489 e. The number of carbonyl (C=O) groups is 1. The van der Waals surface area contributed by atoms with Crippen molar-refractivity contribution in [3.8, 4) is 5.75 Å². The molecule has 0 saturated carbocycles. The van der Waals surface area contributed by atoms with E-state index in [4.69, 9.17) is 9.47 Å². The van der Waals surface area contributed by atoms with Gasteiger partial charge in [0.2, 0.25) is 0 Å². The Labute approximate surface area is 144 Å². The maximum Gasteiger partial charge on any atom is 0.411 e. The first kappa shape index (κ1) is 17.3. The molecule has 122 valence electrons. The van der Waals surface area contributed by atoms with Gasteiger partial charge in [-0.1, -0.05) is 39.7 Å². The first-order valence-electron chi connectivity index (χ1n) is 7.42. The molecule has 0 radical (unpaired) electrons. The van der Waals surface area contributed by atoms with Crippen molar-refractivity contribution in [3.63, 3.8) is 0 Å². The van der Waals surface area contributed by atoms with Crippen molar-refractivity contribution < 1.29 is 14.3 Å². The zero-order valence-electron chi connectivity index (χ0n) is 13.5. The monoisotopic (exact) mass is 377 g/mol. The van der Waals surface area contributed by atoms with Gasteiger partial charge < -0.3 is 9.47 Å². The molecule has 4 nitrogen and oxygen atoms in total. The predicted molar refractivity (Wildman–Crippen MR) is 95.0 cm³/mol. The van der Waals surface area contributed by atoms with Gasteiger partial charge in [0.15, 0.2) is 0 Å². The van der Waals surface area contributed by atoms with Crippen LogP contribution >= 0.6 is 15.9 Å². The molecule has 0 heterocycles. The summed E-state index contributed by atoms with van der Waals surface area (Å²) in [5.41, 5.74) is 3.81. The van der Waals surface area contributed by atoms with Crippen molar-refractivity contribution in [2.75, 3.05) is 11.9 Å². The number of benzene rings is 2. The van der Waals surface area contributed by atoms with Crippen molar-refractivity contribution in [1.29, 1.82) is 0 Å². The van der Waals surface area contributed by atoms with Gasteiger partial charge in [0.1, 0.15) is 12.4 Å². The Morgan fingerprint density at radius 1 is 1.22 bits per heavy atom. The molecule has 2 rings (SSSR count). The van der Waals surface area contributed by atoms with Crippen LogP contribution in [-0.4, -0.2) is 12.7 Å². The summed E-state index contributed by atoms with van der Waals surface area (Å²) < 4.78 is 11.7. The van der Waals surface area contributed by atoms with E-state index in [0.717, 1.165) is 21.3 Å². The quantitative estimate of drug-likeness (QED) is 0.777. The van der Waals surface area contributed by atoms with E-state index >= 15 is 0 Å². The summed E-state index contributed by atoms with van der Waals surface area (Å²) in [6.07, 6.45) is -0.474. The van der Waals surface area contributed by atoms with Crippen LogP contribution in [0.2, 0.25) is 0 Å². The maximum atomic E-state index is 11.7. The molecule has 0 aliphatic rings. The standard InChI is InChI=1S/C18H20BrNO3/c1-4-22-18(21)20-16-7-5-6-15(19)14(16)11-23-17-9-8-12(2)10-13(17)3/h5-10H,4,11H2,1-3H3,(H,20,21). The Balaban J connectivity index is 2.16. The Morgan fingerprint density at radius 3 is 2.70 bits per heavy atom. The molecule has 0 saturated heterocycles. The summed E-state index contributed by atoms with van der Waals surface area (Å²) in [6, 6.07) is 11.6. The highest BCUT2D eigenvalue weighted by molar-refractivity contribution is 9.10. The van der Waals surface area contributed by atoms with Gasteiger partial charge >= 0.3 is 6.09 Å². The lowest BCUT2D eigenvalue weighted by Gasteiger charge is -2.15. The van der Waals surface area contributed by atoms with Gasteiger partial charge in [-0.15, -0.1) is 0 Å². The Bertz CT molecular complexity index is 701. The van der Waals surface area contributed by atoms with E-state index < -0.39 is 6.09 Å². The third kappa shape index (κ3) is 4.73. The molecule has 0 aliphatic heterocycles. The molecule has 2 aromatic rings. The van der Waals surface area contributed by atoms with E-state index in [-0.39, 0.29) is 0 Å². The van der Waals surface area contributed by atoms with Crippen LogP contribution in [0, 0.1) is 13.8 Å². The second-order valence-corrected chi connectivity index (χ2v) is 6.02. The number of amides is 1. The molecule has 5 heteroatoms. The van der Waals surface area contributed by atoms with E-state index in [1.165, 1.54) is 5.56 Å². The van der Waals surface area contributed by atoms with Crippen molar-refractivity contribution in [2.24, 2.45) is 0 Å². The van der Waals surface area contributed by atoms with Crippen LogP contribution in [-0.2, 0) is 11.3 Å². The number of nitrogens with one attached hydrogen (secondary N) is 1. The van der Waals surface area contributed by atoms with Crippen LogP contribution in [0.25, 0.3) is 0 Å². The van der Waals surface area contributed by atoms with Gasteiger partial charge in [-0.25, -0.2) is 4.79 Å².